The maximum atomic E-state index is 15.6. The number of phosphoric ester groups is 4. The second-order valence-electron chi connectivity index (χ2n) is 37.0. The maximum absolute atomic E-state index is 15.6. The summed E-state index contributed by atoms with van der Waals surface area (Å²) in [4.78, 5) is 53.0. The van der Waals surface area contributed by atoms with Crippen LogP contribution in [-0.4, -0.2) is 213 Å². The lowest BCUT2D eigenvalue weighted by atomic mass is 9.55. The zero-order chi connectivity index (χ0) is 99.3. The van der Waals surface area contributed by atoms with E-state index in [9.17, 15) is 82.2 Å². The van der Waals surface area contributed by atoms with Crippen LogP contribution < -0.4 is 9.47 Å². The third-order valence-electron chi connectivity index (χ3n) is 27.1. The third kappa shape index (κ3) is 33.3. The molecule has 0 aliphatic heterocycles. The van der Waals surface area contributed by atoms with E-state index >= 15 is 17.6 Å². The molecule has 0 radical (unpaired) electrons. The second-order valence-corrected chi connectivity index (χ2v) is 47.9. The molecule has 0 amide bonds. The summed E-state index contributed by atoms with van der Waals surface area (Å²) in [6.07, 6.45) is -2.99. The SMILES string of the molecule is COP(=O)(O)OCC(CCCOCCSSCCCN(C)Cc1c(F)cc(Oc2ccc3c(c2)CCC2C3CCC3(C)C(OCCCOC(C)(C)C(F)(F)F)CCC23)cc1F)COP(=O)(O)OOP(=O)(O)OCC(CCCOCCSSCCCN(C)Cc1c(F)cc(Oc2ccc3c(c2)CCC2C3CCC3(C)C(OCCCOC(C)(C(F)(F)F)C(F)(F)F)CCC23)cc1F)COP(=O)(O)O. The molecular formula is C89H129F13N2O24P4S4. The number of hydrogen-bond acceptors (Lipinski definition) is 25. The largest absolute Gasteiger partial charge is 0.499 e. The van der Waals surface area contributed by atoms with Crippen LogP contribution in [0.1, 0.15) is 195 Å². The van der Waals surface area contributed by atoms with Gasteiger partial charge in [0, 0.05) is 123 Å². The van der Waals surface area contributed by atoms with E-state index in [-0.39, 0.29) is 124 Å². The van der Waals surface area contributed by atoms with Gasteiger partial charge in [-0.25, -0.2) is 35.8 Å². The Morgan fingerprint density at radius 3 is 1.23 bits per heavy atom. The maximum Gasteiger partial charge on any atom is 0.499 e. The van der Waals surface area contributed by atoms with E-state index in [2.05, 4.69) is 43.0 Å². The van der Waals surface area contributed by atoms with E-state index in [0.717, 1.165) is 127 Å². The Balaban J connectivity index is 0.544. The van der Waals surface area contributed by atoms with Crippen LogP contribution in [-0.2, 0) is 105 Å². The van der Waals surface area contributed by atoms with Crippen molar-refractivity contribution in [1.29, 1.82) is 0 Å². The summed E-state index contributed by atoms with van der Waals surface area (Å²) in [6, 6.07) is 16.3. The number of hydrogen-bond donors (Lipinski definition) is 5. The number of benzene rings is 4. The van der Waals surface area contributed by atoms with Gasteiger partial charge in [0.25, 0.3) is 5.60 Å². The highest BCUT2D eigenvalue weighted by Crippen LogP contribution is 2.64. The molecule has 6 aliphatic rings. The van der Waals surface area contributed by atoms with Crippen LogP contribution in [0.2, 0.25) is 0 Å². The molecule has 6 aliphatic carbocycles. The summed E-state index contributed by atoms with van der Waals surface area (Å²) in [5.74, 6) is 0.811. The average Bonchev–Trinajstić information content (AvgIpc) is 1.50. The molecule has 0 heterocycles. The number of fused-ring (bicyclic) bond motifs is 10. The number of aryl methyl sites for hydroxylation is 2. The molecule has 774 valence electrons. The summed E-state index contributed by atoms with van der Waals surface area (Å²) >= 11 is 0. The van der Waals surface area contributed by atoms with Gasteiger partial charge < -0.3 is 72.2 Å². The fourth-order valence-corrected chi connectivity index (χ4v) is 25.9. The molecule has 47 heteroatoms. The molecule has 136 heavy (non-hydrogen) atoms. The Hall–Kier alpha value is -2.91. The molecule has 15 unspecified atom stereocenters. The van der Waals surface area contributed by atoms with Crippen LogP contribution in [0.4, 0.5) is 57.1 Å². The molecule has 26 nitrogen and oxygen atoms in total. The highest BCUT2D eigenvalue weighted by molar-refractivity contribution is 8.77. The van der Waals surface area contributed by atoms with Crippen molar-refractivity contribution in [1.82, 2.24) is 9.80 Å². The smallest absolute Gasteiger partial charge is 0.457 e. The summed E-state index contributed by atoms with van der Waals surface area (Å²) in [6.45, 7) is 5.41. The zero-order valence-corrected chi connectivity index (χ0v) is 84.4. The Morgan fingerprint density at radius 2 is 0.838 bits per heavy atom. The molecule has 10 rings (SSSR count). The van der Waals surface area contributed by atoms with Crippen LogP contribution >= 0.6 is 74.5 Å². The van der Waals surface area contributed by atoms with Crippen LogP contribution in [0.15, 0.2) is 60.7 Å². The fraction of sp³-hybridized carbons (Fsp3) is 0.730. The van der Waals surface area contributed by atoms with E-state index in [4.69, 9.17) is 46.7 Å². The van der Waals surface area contributed by atoms with Crippen molar-refractivity contribution < 1.29 is 170 Å². The van der Waals surface area contributed by atoms with Crippen molar-refractivity contribution in [3.8, 4) is 23.0 Å². The standard InChI is InChI=1S/C89H129F13N2O24P4S4/c1-83(2,87(94,95)96)119-39-13-37-117-81-27-25-75-71-21-17-61-47-63(19-23-67(61)69(71)29-31-84(75,81)3)125-65-49-77(90)74(78(91)50-65)54-104(7)34-12-44-134-136-46-42-116-36-10-16-60(56-122-130(108,109)114-8)58-124-132(112,113)128-127-131(110,111)123-57-59(55-121-129(105,106)107)15-9-35-115-41-45-135-133-43-11-33-103(6)53-73-79(92)51-66(52-80(73)93)126-64-20-24-68-62(48-64)18-22-72-70(68)30-32-85(4)76(72)26-28-82(85)118-38-14-40-120-86(5,88(97,98)99)89(100,101)102/h19-20,23-24,47-52,59-60,69-72,75-76,81-82H,9-18,21-22,25-46,53-58H2,1-8H3,(H,108,109)(H,110,111)(H,112,113)(H2,105,106,107). The number of alkyl halides is 9. The van der Waals surface area contributed by atoms with Gasteiger partial charge in [-0.05, 0) is 269 Å². The second kappa shape index (κ2) is 51.4. The highest BCUT2D eigenvalue weighted by atomic mass is 33.1. The van der Waals surface area contributed by atoms with Gasteiger partial charge >= 0.3 is 49.8 Å². The van der Waals surface area contributed by atoms with E-state index in [1.165, 1.54) is 34.1 Å². The summed E-state index contributed by atoms with van der Waals surface area (Å²) in [7, 11) is -9.60. The summed E-state index contributed by atoms with van der Waals surface area (Å²) in [5.41, 5.74) is -2.27. The van der Waals surface area contributed by atoms with Gasteiger partial charge in [0.2, 0.25) is 0 Å². The predicted molar refractivity (Wildman–Crippen MR) is 490 cm³/mol. The summed E-state index contributed by atoms with van der Waals surface area (Å²) < 4.78 is 310. The van der Waals surface area contributed by atoms with Crippen molar-refractivity contribution in [3.63, 3.8) is 0 Å². The Kier molecular flexibility index (Phi) is 43.5. The molecule has 0 spiro atoms. The number of ether oxygens (including phenoxy) is 8. The Morgan fingerprint density at radius 1 is 0.449 bits per heavy atom. The number of phosphoric acid groups is 4. The van der Waals surface area contributed by atoms with Crippen molar-refractivity contribution >= 4 is 74.5 Å². The highest BCUT2D eigenvalue weighted by Gasteiger charge is 2.69. The van der Waals surface area contributed by atoms with Gasteiger partial charge in [-0.2, -0.15) is 39.5 Å². The number of halogens is 13. The first-order valence-electron chi connectivity index (χ1n) is 45.8. The van der Waals surface area contributed by atoms with E-state index in [0.29, 0.717) is 117 Å². The van der Waals surface area contributed by atoms with Gasteiger partial charge in [-0.3, -0.25) is 22.6 Å². The van der Waals surface area contributed by atoms with Gasteiger partial charge in [0.05, 0.1) is 58.5 Å². The first-order chi connectivity index (χ1) is 63.9. The molecular weight excluding hydrogens is 1980 g/mol. The number of rotatable bonds is 60. The zero-order valence-electron chi connectivity index (χ0n) is 77.6. The minimum absolute atomic E-state index is 0.00191. The van der Waals surface area contributed by atoms with Gasteiger partial charge in [-0.1, -0.05) is 69.2 Å². The lowest BCUT2D eigenvalue weighted by molar-refractivity contribution is -0.374. The van der Waals surface area contributed by atoms with Gasteiger partial charge in [0.15, 0.2) is 5.60 Å². The lowest BCUT2D eigenvalue weighted by Crippen LogP contribution is -2.56. The minimum atomic E-state index is -5.64. The van der Waals surface area contributed by atoms with E-state index in [1.54, 1.807) is 57.4 Å². The predicted octanol–water partition coefficient (Wildman–Crippen LogP) is 23.3. The van der Waals surface area contributed by atoms with Gasteiger partial charge in [0.1, 0.15) is 46.3 Å². The van der Waals surface area contributed by atoms with E-state index in [1.807, 2.05) is 29.2 Å². The fourth-order valence-electron chi connectivity index (χ4n) is 19.6. The lowest BCUT2D eigenvalue weighted by Gasteiger charge is -2.50. The van der Waals surface area contributed by atoms with Crippen molar-refractivity contribution in [2.75, 3.05) is 137 Å². The molecule has 4 aromatic carbocycles. The van der Waals surface area contributed by atoms with Crippen LogP contribution in [0, 0.1) is 69.6 Å². The van der Waals surface area contributed by atoms with Crippen LogP contribution in [0.3, 0.4) is 0 Å². The topological polar surface area (TPSA) is 314 Å². The molecule has 0 aromatic heterocycles. The number of nitrogens with zero attached hydrogens (tertiary/aromatic N) is 2. The average molecular weight is 2110 g/mol. The quantitative estimate of drug-likeness (QED) is 0.00685. The first-order valence-corrected chi connectivity index (χ1v) is 56.8. The minimum Gasteiger partial charge on any atom is -0.457 e. The van der Waals surface area contributed by atoms with Crippen LogP contribution in [0.25, 0.3) is 0 Å². The molecule has 0 saturated heterocycles. The van der Waals surface area contributed by atoms with Crippen molar-refractivity contribution in [3.05, 3.63) is 117 Å². The van der Waals surface area contributed by atoms with E-state index < -0.39 is 129 Å². The normalized spacial score (nSPS) is 23.9. The summed E-state index contributed by atoms with van der Waals surface area (Å²) in [5, 5.41) is 0. The Labute approximate surface area is 802 Å². The molecule has 0 bridgehead atoms. The third-order valence-corrected chi connectivity index (χ3v) is 35.0. The molecule has 4 fully saturated rings. The molecule has 15 atom stereocenters. The monoisotopic (exact) mass is 2110 g/mol. The molecule has 4 aromatic rings. The molecule has 4 saturated carbocycles. The van der Waals surface area contributed by atoms with Gasteiger partial charge in [-0.15, -0.1) is 9.35 Å². The first kappa shape index (κ1) is 115. The molecule has 5 N–H and O–H groups in total. The van der Waals surface area contributed by atoms with Crippen molar-refractivity contribution in [2.45, 2.75) is 230 Å². The van der Waals surface area contributed by atoms with Crippen LogP contribution in [0.5, 0.6) is 23.0 Å². The van der Waals surface area contributed by atoms with Crippen molar-refractivity contribution in [2.24, 2.45) is 46.3 Å². The Bertz CT molecular complexity index is 4600.